The van der Waals surface area contributed by atoms with Crippen LogP contribution in [0.4, 0.5) is 0 Å². The smallest absolute Gasteiger partial charge is 0.339 e. The van der Waals surface area contributed by atoms with Crippen LogP contribution < -0.4 is 5.69 Å². The van der Waals surface area contributed by atoms with E-state index in [2.05, 4.69) is 9.72 Å². The first-order valence-electron chi connectivity index (χ1n) is 4.51. The number of methoxy groups -OCH3 is 1. The number of esters is 1. The highest BCUT2D eigenvalue weighted by molar-refractivity contribution is 6.34. The van der Waals surface area contributed by atoms with Gasteiger partial charge in [-0.05, 0) is 12.1 Å². The number of benzene rings is 1. The van der Waals surface area contributed by atoms with E-state index in [1.807, 2.05) is 0 Å². The van der Waals surface area contributed by atoms with Crippen LogP contribution in [-0.4, -0.2) is 22.6 Å². The summed E-state index contributed by atoms with van der Waals surface area (Å²) >= 11 is 5.93. The number of aryl methyl sites for hydroxylation is 1. The minimum atomic E-state index is -0.531. The molecule has 0 fully saturated rings. The lowest BCUT2D eigenvalue weighted by atomic mass is 10.2. The Morgan fingerprint density at radius 2 is 2.19 bits per heavy atom. The number of halogens is 1. The second-order valence-electron chi connectivity index (χ2n) is 3.33. The standard InChI is InChI=1S/C10H9ClN2O3/c1-13-8-4-6(11)5(9(14)16-2)3-7(8)12-10(13)15/h3-4H,1-2H3,(H,12,15). The molecule has 5 nitrogen and oxygen atoms in total. The summed E-state index contributed by atoms with van der Waals surface area (Å²) in [5.41, 5.74) is 1.17. The number of aromatic amines is 1. The normalized spacial score (nSPS) is 10.7. The zero-order valence-corrected chi connectivity index (χ0v) is 9.46. The van der Waals surface area contributed by atoms with Gasteiger partial charge in [-0.1, -0.05) is 11.6 Å². The maximum absolute atomic E-state index is 11.4. The number of carbonyl (C=O) groups is 1. The highest BCUT2D eigenvalue weighted by atomic mass is 35.5. The van der Waals surface area contributed by atoms with Gasteiger partial charge in [-0.2, -0.15) is 0 Å². The van der Waals surface area contributed by atoms with Crippen molar-refractivity contribution in [1.82, 2.24) is 9.55 Å². The van der Waals surface area contributed by atoms with E-state index >= 15 is 0 Å². The second kappa shape index (κ2) is 3.68. The zero-order valence-electron chi connectivity index (χ0n) is 8.70. The Kier molecular flexibility index (Phi) is 2.47. The first kappa shape index (κ1) is 10.8. The molecule has 0 saturated carbocycles. The molecule has 0 aliphatic heterocycles. The Balaban J connectivity index is 2.77. The highest BCUT2D eigenvalue weighted by Gasteiger charge is 2.14. The van der Waals surface area contributed by atoms with Crippen molar-refractivity contribution in [1.29, 1.82) is 0 Å². The predicted molar refractivity (Wildman–Crippen MR) is 59.9 cm³/mol. The summed E-state index contributed by atoms with van der Waals surface area (Å²) in [6, 6.07) is 3.06. The Hall–Kier alpha value is -1.75. The van der Waals surface area contributed by atoms with E-state index in [-0.39, 0.29) is 16.3 Å². The van der Waals surface area contributed by atoms with E-state index < -0.39 is 5.97 Å². The zero-order chi connectivity index (χ0) is 11.9. The number of hydrogen-bond acceptors (Lipinski definition) is 3. The fraction of sp³-hybridized carbons (Fsp3) is 0.200. The number of nitrogens with zero attached hydrogens (tertiary/aromatic N) is 1. The molecule has 16 heavy (non-hydrogen) atoms. The van der Waals surface area contributed by atoms with Crippen molar-refractivity contribution in [2.24, 2.45) is 7.05 Å². The summed E-state index contributed by atoms with van der Waals surface area (Å²) in [5, 5.41) is 0.258. The van der Waals surface area contributed by atoms with E-state index in [0.29, 0.717) is 11.0 Å². The third kappa shape index (κ3) is 1.49. The monoisotopic (exact) mass is 240 g/mol. The molecule has 0 amide bonds. The van der Waals surface area contributed by atoms with Crippen molar-refractivity contribution in [3.8, 4) is 0 Å². The third-order valence-corrected chi connectivity index (χ3v) is 2.71. The summed E-state index contributed by atoms with van der Waals surface area (Å²) in [7, 11) is 2.89. The number of aromatic nitrogens is 2. The predicted octanol–water partition coefficient (Wildman–Crippen LogP) is 1.31. The first-order valence-corrected chi connectivity index (χ1v) is 4.89. The second-order valence-corrected chi connectivity index (χ2v) is 3.74. The number of H-pyrrole nitrogens is 1. The molecule has 0 aliphatic rings. The molecule has 0 radical (unpaired) electrons. The molecule has 1 heterocycles. The van der Waals surface area contributed by atoms with Crippen LogP contribution in [0.1, 0.15) is 10.4 Å². The molecule has 6 heteroatoms. The van der Waals surface area contributed by atoms with Crippen LogP contribution in [0.15, 0.2) is 16.9 Å². The van der Waals surface area contributed by atoms with Crippen LogP contribution in [0.2, 0.25) is 5.02 Å². The van der Waals surface area contributed by atoms with Crippen molar-refractivity contribution in [2.75, 3.05) is 7.11 Å². The molecule has 1 aromatic heterocycles. The number of carbonyl (C=O) groups excluding carboxylic acids is 1. The maximum atomic E-state index is 11.4. The van der Waals surface area contributed by atoms with E-state index in [1.165, 1.54) is 17.7 Å². The Morgan fingerprint density at radius 3 is 2.81 bits per heavy atom. The molecule has 0 bridgehead atoms. The van der Waals surface area contributed by atoms with Gasteiger partial charge in [0.05, 0.1) is 28.7 Å². The molecule has 2 aromatic rings. The van der Waals surface area contributed by atoms with Gasteiger partial charge in [0, 0.05) is 7.05 Å². The fourth-order valence-corrected chi connectivity index (χ4v) is 1.75. The van der Waals surface area contributed by atoms with Gasteiger partial charge in [0.1, 0.15) is 0 Å². The van der Waals surface area contributed by atoms with Crippen molar-refractivity contribution in [2.45, 2.75) is 0 Å². The number of imidazole rings is 1. The van der Waals surface area contributed by atoms with E-state index in [0.717, 1.165) is 0 Å². The minimum Gasteiger partial charge on any atom is -0.465 e. The van der Waals surface area contributed by atoms with Gasteiger partial charge in [-0.3, -0.25) is 4.57 Å². The summed E-state index contributed by atoms with van der Waals surface area (Å²) in [4.78, 5) is 25.3. The van der Waals surface area contributed by atoms with Crippen LogP contribution in [0.3, 0.4) is 0 Å². The topological polar surface area (TPSA) is 64.1 Å². The van der Waals surface area contributed by atoms with Crippen molar-refractivity contribution in [3.05, 3.63) is 33.2 Å². The van der Waals surface area contributed by atoms with Crippen LogP contribution in [-0.2, 0) is 11.8 Å². The first-order chi connectivity index (χ1) is 7.54. The van der Waals surface area contributed by atoms with Crippen LogP contribution in [0.25, 0.3) is 11.0 Å². The van der Waals surface area contributed by atoms with Crippen LogP contribution in [0, 0.1) is 0 Å². The molecular formula is C10H9ClN2O3. The fourth-order valence-electron chi connectivity index (χ4n) is 1.52. The molecule has 0 atom stereocenters. The van der Waals surface area contributed by atoms with Gasteiger partial charge in [0.25, 0.3) is 0 Å². The number of nitrogens with one attached hydrogen (secondary N) is 1. The molecule has 0 aliphatic carbocycles. The van der Waals surface area contributed by atoms with Crippen LogP contribution >= 0.6 is 11.6 Å². The SMILES string of the molecule is COC(=O)c1cc2[nH]c(=O)n(C)c2cc1Cl. The molecular weight excluding hydrogens is 232 g/mol. The van der Waals surface area contributed by atoms with Gasteiger partial charge >= 0.3 is 11.7 Å². The van der Waals surface area contributed by atoms with E-state index in [4.69, 9.17) is 11.6 Å². The van der Waals surface area contributed by atoms with Crippen molar-refractivity contribution < 1.29 is 9.53 Å². The number of hydrogen-bond donors (Lipinski definition) is 1. The number of ether oxygens (including phenoxy) is 1. The van der Waals surface area contributed by atoms with E-state index in [9.17, 15) is 9.59 Å². The Bertz CT molecular complexity index is 627. The quantitative estimate of drug-likeness (QED) is 0.765. The highest BCUT2D eigenvalue weighted by Crippen LogP contribution is 2.22. The average Bonchev–Trinajstić information content (AvgIpc) is 2.53. The molecule has 0 spiro atoms. The van der Waals surface area contributed by atoms with Gasteiger partial charge in [0.2, 0.25) is 0 Å². The van der Waals surface area contributed by atoms with Gasteiger partial charge in [-0.15, -0.1) is 0 Å². The van der Waals surface area contributed by atoms with Gasteiger partial charge in [0.15, 0.2) is 0 Å². The molecule has 1 N–H and O–H groups in total. The molecule has 1 aromatic carbocycles. The summed E-state index contributed by atoms with van der Waals surface area (Å²) in [6.45, 7) is 0. The lowest BCUT2D eigenvalue weighted by molar-refractivity contribution is 0.0601. The lowest BCUT2D eigenvalue weighted by Gasteiger charge is -2.02. The average molecular weight is 241 g/mol. The minimum absolute atomic E-state index is 0.235. The Morgan fingerprint density at radius 1 is 1.50 bits per heavy atom. The van der Waals surface area contributed by atoms with Crippen molar-refractivity contribution in [3.63, 3.8) is 0 Å². The summed E-state index contributed by atoms with van der Waals surface area (Å²) in [6.07, 6.45) is 0. The lowest BCUT2D eigenvalue weighted by Crippen LogP contribution is -2.11. The summed E-state index contributed by atoms with van der Waals surface area (Å²) in [5.74, 6) is -0.531. The maximum Gasteiger partial charge on any atom is 0.339 e. The largest absolute Gasteiger partial charge is 0.465 e. The number of rotatable bonds is 1. The molecule has 0 unspecified atom stereocenters. The van der Waals surface area contributed by atoms with Crippen molar-refractivity contribution >= 4 is 28.6 Å². The summed E-state index contributed by atoms with van der Waals surface area (Å²) < 4.78 is 6.00. The molecule has 84 valence electrons. The third-order valence-electron chi connectivity index (χ3n) is 2.40. The molecule has 2 rings (SSSR count). The van der Waals surface area contributed by atoms with Gasteiger partial charge in [-0.25, -0.2) is 9.59 Å². The number of fused-ring (bicyclic) bond motifs is 1. The molecule has 0 saturated heterocycles. The Labute approximate surface area is 95.6 Å². The van der Waals surface area contributed by atoms with Gasteiger partial charge < -0.3 is 9.72 Å². The van der Waals surface area contributed by atoms with Crippen LogP contribution in [0.5, 0.6) is 0 Å². The van der Waals surface area contributed by atoms with E-state index in [1.54, 1.807) is 13.1 Å².